The third-order valence-corrected chi connectivity index (χ3v) is 3.41. The fraction of sp³-hybridized carbons (Fsp3) is 0.133. The lowest BCUT2D eigenvalue weighted by molar-refractivity contribution is 0.185. The Kier molecular flexibility index (Phi) is 3.34. The van der Waals surface area contributed by atoms with E-state index in [4.69, 9.17) is 22.1 Å². The standard InChI is InChI=1S/C15H14ClN3O/c1-20-9-10-4-2-3-5-13(10)19-14-8-11(16)6-7-12(14)18-15(19)17/h2-8H,9H2,1H3,(H2,17,18). The number of fused-ring (bicyclic) bond motifs is 1. The van der Waals surface area contributed by atoms with Crippen LogP contribution in [0, 0.1) is 0 Å². The first kappa shape index (κ1) is 13.0. The summed E-state index contributed by atoms with van der Waals surface area (Å²) in [4.78, 5) is 4.37. The molecular formula is C15H14ClN3O. The van der Waals surface area contributed by atoms with Crippen molar-refractivity contribution >= 4 is 28.6 Å². The molecule has 0 spiro atoms. The summed E-state index contributed by atoms with van der Waals surface area (Å²) in [6, 6.07) is 13.5. The van der Waals surface area contributed by atoms with Gasteiger partial charge in [-0.1, -0.05) is 29.8 Å². The van der Waals surface area contributed by atoms with Crippen molar-refractivity contribution in [3.8, 4) is 5.69 Å². The summed E-state index contributed by atoms with van der Waals surface area (Å²) in [5, 5.41) is 0.655. The molecule has 0 aliphatic rings. The molecule has 102 valence electrons. The van der Waals surface area contributed by atoms with E-state index in [9.17, 15) is 0 Å². The Balaban J connectivity index is 2.29. The van der Waals surface area contributed by atoms with E-state index in [1.165, 1.54) is 0 Å². The predicted octanol–water partition coefficient (Wildman–Crippen LogP) is 3.41. The van der Waals surface area contributed by atoms with Crippen LogP contribution in [0.2, 0.25) is 5.02 Å². The van der Waals surface area contributed by atoms with Crippen LogP contribution >= 0.6 is 11.6 Å². The van der Waals surface area contributed by atoms with Crippen molar-refractivity contribution in [2.45, 2.75) is 6.61 Å². The zero-order valence-electron chi connectivity index (χ0n) is 11.0. The van der Waals surface area contributed by atoms with E-state index >= 15 is 0 Å². The summed E-state index contributed by atoms with van der Waals surface area (Å²) in [6.45, 7) is 0.510. The number of nitrogens with two attached hydrogens (primary N) is 1. The molecule has 0 unspecified atom stereocenters. The molecule has 0 saturated heterocycles. The van der Waals surface area contributed by atoms with Gasteiger partial charge in [0.05, 0.1) is 23.3 Å². The molecule has 0 saturated carbocycles. The maximum Gasteiger partial charge on any atom is 0.205 e. The number of para-hydroxylation sites is 1. The number of rotatable bonds is 3. The molecule has 2 N–H and O–H groups in total. The minimum absolute atomic E-state index is 0.436. The van der Waals surface area contributed by atoms with Gasteiger partial charge in [-0.3, -0.25) is 4.57 Å². The summed E-state index contributed by atoms with van der Waals surface area (Å²) in [5.41, 5.74) is 9.77. The van der Waals surface area contributed by atoms with Crippen molar-refractivity contribution in [1.82, 2.24) is 9.55 Å². The molecule has 1 aromatic heterocycles. The predicted molar refractivity (Wildman–Crippen MR) is 81.2 cm³/mol. The lowest BCUT2D eigenvalue weighted by Crippen LogP contribution is -2.04. The number of halogens is 1. The van der Waals surface area contributed by atoms with Crippen LogP contribution in [0.25, 0.3) is 16.7 Å². The van der Waals surface area contributed by atoms with Crippen molar-refractivity contribution < 1.29 is 4.74 Å². The maximum atomic E-state index is 6.08. The Hall–Kier alpha value is -2.04. The third kappa shape index (κ3) is 2.13. The minimum atomic E-state index is 0.436. The van der Waals surface area contributed by atoms with Crippen molar-refractivity contribution in [1.29, 1.82) is 0 Å². The summed E-state index contributed by atoms with van der Waals surface area (Å²) >= 11 is 6.08. The van der Waals surface area contributed by atoms with E-state index in [1.54, 1.807) is 7.11 Å². The molecule has 2 aromatic carbocycles. The van der Waals surface area contributed by atoms with Gasteiger partial charge in [0.15, 0.2) is 0 Å². The van der Waals surface area contributed by atoms with Crippen LogP contribution in [0.15, 0.2) is 42.5 Å². The highest BCUT2D eigenvalue weighted by molar-refractivity contribution is 6.31. The Morgan fingerprint density at radius 3 is 2.85 bits per heavy atom. The number of anilines is 1. The Labute approximate surface area is 121 Å². The minimum Gasteiger partial charge on any atom is -0.380 e. The van der Waals surface area contributed by atoms with Gasteiger partial charge in [0.2, 0.25) is 5.95 Å². The normalized spacial score (nSPS) is 11.1. The number of aromatic nitrogens is 2. The summed E-state index contributed by atoms with van der Waals surface area (Å²) in [6.07, 6.45) is 0. The monoisotopic (exact) mass is 287 g/mol. The van der Waals surface area contributed by atoms with Crippen LogP contribution in [-0.4, -0.2) is 16.7 Å². The third-order valence-electron chi connectivity index (χ3n) is 3.17. The molecule has 3 aromatic rings. The van der Waals surface area contributed by atoms with E-state index in [2.05, 4.69) is 4.98 Å². The van der Waals surface area contributed by atoms with Gasteiger partial charge in [-0.2, -0.15) is 0 Å². The number of imidazole rings is 1. The van der Waals surface area contributed by atoms with Crippen LogP contribution in [0.1, 0.15) is 5.56 Å². The van der Waals surface area contributed by atoms with E-state index in [0.29, 0.717) is 17.6 Å². The molecule has 0 amide bonds. The molecule has 0 bridgehead atoms. The van der Waals surface area contributed by atoms with Gasteiger partial charge in [-0.15, -0.1) is 0 Å². The van der Waals surface area contributed by atoms with Crippen molar-refractivity contribution in [3.63, 3.8) is 0 Å². The number of hydrogen-bond acceptors (Lipinski definition) is 3. The first-order valence-corrected chi connectivity index (χ1v) is 6.59. The van der Waals surface area contributed by atoms with Crippen LogP contribution in [0.5, 0.6) is 0 Å². The highest BCUT2D eigenvalue weighted by Crippen LogP contribution is 2.27. The maximum absolute atomic E-state index is 6.08. The Bertz CT molecular complexity index is 767. The summed E-state index contributed by atoms with van der Waals surface area (Å²) in [5.74, 6) is 0.436. The quantitative estimate of drug-likeness (QED) is 0.803. The second-order valence-corrected chi connectivity index (χ2v) is 4.94. The van der Waals surface area contributed by atoms with Crippen molar-refractivity contribution in [2.24, 2.45) is 0 Å². The lowest BCUT2D eigenvalue weighted by atomic mass is 10.2. The first-order valence-electron chi connectivity index (χ1n) is 6.21. The van der Waals surface area contributed by atoms with Gasteiger partial charge < -0.3 is 10.5 Å². The van der Waals surface area contributed by atoms with E-state index in [-0.39, 0.29) is 0 Å². The number of benzene rings is 2. The highest BCUT2D eigenvalue weighted by atomic mass is 35.5. The molecule has 3 rings (SSSR count). The van der Waals surface area contributed by atoms with E-state index in [1.807, 2.05) is 47.0 Å². The van der Waals surface area contributed by atoms with E-state index in [0.717, 1.165) is 22.3 Å². The van der Waals surface area contributed by atoms with E-state index < -0.39 is 0 Å². The SMILES string of the molecule is COCc1ccccc1-n1c(N)nc2ccc(Cl)cc21. The molecule has 4 nitrogen and oxygen atoms in total. The van der Waals surface area contributed by atoms with Gasteiger partial charge >= 0.3 is 0 Å². The molecule has 0 radical (unpaired) electrons. The zero-order chi connectivity index (χ0) is 14.1. The first-order chi connectivity index (χ1) is 9.70. The lowest BCUT2D eigenvalue weighted by Gasteiger charge is -2.12. The number of nitrogens with zero attached hydrogens (tertiary/aromatic N) is 2. The van der Waals surface area contributed by atoms with Gasteiger partial charge in [0.25, 0.3) is 0 Å². The highest BCUT2D eigenvalue weighted by Gasteiger charge is 2.13. The van der Waals surface area contributed by atoms with Gasteiger partial charge in [-0.05, 0) is 24.3 Å². The number of methoxy groups -OCH3 is 1. The van der Waals surface area contributed by atoms with Crippen LogP contribution < -0.4 is 5.73 Å². The van der Waals surface area contributed by atoms with Gasteiger partial charge in [0, 0.05) is 17.7 Å². The van der Waals surface area contributed by atoms with Gasteiger partial charge in [0.1, 0.15) is 0 Å². The van der Waals surface area contributed by atoms with Crippen LogP contribution in [-0.2, 0) is 11.3 Å². The number of ether oxygens (including phenoxy) is 1. The molecule has 0 atom stereocenters. The van der Waals surface area contributed by atoms with Crippen LogP contribution in [0.3, 0.4) is 0 Å². The molecule has 0 aliphatic heterocycles. The molecular weight excluding hydrogens is 274 g/mol. The van der Waals surface area contributed by atoms with Crippen molar-refractivity contribution in [3.05, 3.63) is 53.1 Å². The molecule has 1 heterocycles. The largest absolute Gasteiger partial charge is 0.380 e. The fourth-order valence-corrected chi connectivity index (χ4v) is 2.49. The topological polar surface area (TPSA) is 53.1 Å². The zero-order valence-corrected chi connectivity index (χ0v) is 11.8. The second-order valence-electron chi connectivity index (χ2n) is 4.50. The fourth-order valence-electron chi connectivity index (χ4n) is 2.33. The second kappa shape index (κ2) is 5.15. The average Bonchev–Trinajstić information content (AvgIpc) is 2.75. The smallest absolute Gasteiger partial charge is 0.205 e. The molecule has 0 fully saturated rings. The molecule has 20 heavy (non-hydrogen) atoms. The number of nitrogen functional groups attached to an aromatic ring is 1. The summed E-state index contributed by atoms with van der Waals surface area (Å²) < 4.78 is 7.14. The van der Waals surface area contributed by atoms with Gasteiger partial charge in [-0.25, -0.2) is 4.98 Å². The number of hydrogen-bond donors (Lipinski definition) is 1. The molecule has 5 heteroatoms. The van der Waals surface area contributed by atoms with Crippen LogP contribution in [0.4, 0.5) is 5.95 Å². The summed E-state index contributed by atoms with van der Waals surface area (Å²) in [7, 11) is 1.67. The average molecular weight is 288 g/mol. The van der Waals surface area contributed by atoms with Crippen molar-refractivity contribution in [2.75, 3.05) is 12.8 Å². The molecule has 0 aliphatic carbocycles. The Morgan fingerprint density at radius 2 is 2.05 bits per heavy atom. The Morgan fingerprint density at radius 1 is 1.25 bits per heavy atom.